The Labute approximate surface area is 99.2 Å². The van der Waals surface area contributed by atoms with Crippen LogP contribution in [-0.4, -0.2) is 25.3 Å². The molecule has 0 spiro atoms. The molecule has 1 aromatic carbocycles. The van der Waals surface area contributed by atoms with Gasteiger partial charge in [-0.3, -0.25) is 5.32 Å². The van der Waals surface area contributed by atoms with Gasteiger partial charge in [-0.15, -0.1) is 0 Å². The lowest BCUT2D eigenvalue weighted by atomic mass is 10.1. The monoisotopic (exact) mass is 238 g/mol. The van der Waals surface area contributed by atoms with Gasteiger partial charge in [-0.2, -0.15) is 0 Å². The second-order valence-corrected chi connectivity index (χ2v) is 3.99. The van der Waals surface area contributed by atoms with E-state index in [1.807, 2.05) is 0 Å². The Bertz CT molecular complexity index is 392. The van der Waals surface area contributed by atoms with E-state index in [0.717, 1.165) is 25.9 Å². The quantitative estimate of drug-likeness (QED) is 0.829. The molecular formula is C12H15FN2O2. The molecule has 1 saturated heterocycles. The van der Waals surface area contributed by atoms with Gasteiger partial charge in [0.2, 0.25) is 0 Å². The number of halogens is 1. The molecule has 1 heterocycles. The Balaban J connectivity index is 1.84. The topological polar surface area (TPSA) is 50.4 Å². The Morgan fingerprint density at radius 2 is 2.18 bits per heavy atom. The highest BCUT2D eigenvalue weighted by atomic mass is 19.1. The van der Waals surface area contributed by atoms with E-state index in [1.54, 1.807) is 6.07 Å². The van der Waals surface area contributed by atoms with Gasteiger partial charge in [0.05, 0.1) is 0 Å². The minimum atomic E-state index is -0.525. The molecule has 0 aromatic heterocycles. The summed E-state index contributed by atoms with van der Waals surface area (Å²) in [5.41, 5.74) is 0.406. The molecule has 0 bridgehead atoms. The predicted molar refractivity (Wildman–Crippen MR) is 62.4 cm³/mol. The van der Waals surface area contributed by atoms with Crippen LogP contribution in [0.4, 0.5) is 14.9 Å². The third-order valence-electron chi connectivity index (χ3n) is 2.63. The van der Waals surface area contributed by atoms with Crippen LogP contribution in [0, 0.1) is 5.82 Å². The lowest BCUT2D eigenvalue weighted by Crippen LogP contribution is -2.34. The first-order valence-electron chi connectivity index (χ1n) is 5.68. The van der Waals surface area contributed by atoms with E-state index in [0.29, 0.717) is 5.69 Å². The Hall–Kier alpha value is -1.62. The molecule has 1 fully saturated rings. The fraction of sp³-hybridized carbons (Fsp3) is 0.417. The van der Waals surface area contributed by atoms with Crippen LogP contribution in [0.1, 0.15) is 12.8 Å². The standard InChI is InChI=1S/C12H15FN2O2/c13-9-2-1-3-10(8-9)15-12(16)17-11-4-6-14-7-5-11/h1-3,8,11,14H,4-7H2,(H,15,16). The first-order chi connectivity index (χ1) is 8.24. The molecule has 1 amide bonds. The number of nitrogens with one attached hydrogen (secondary N) is 2. The van der Waals surface area contributed by atoms with Crippen molar-refractivity contribution in [3.05, 3.63) is 30.1 Å². The maximum Gasteiger partial charge on any atom is 0.411 e. The predicted octanol–water partition coefficient (Wildman–Crippen LogP) is 2.13. The number of amides is 1. The van der Waals surface area contributed by atoms with Crippen LogP contribution in [0.15, 0.2) is 24.3 Å². The maximum absolute atomic E-state index is 12.9. The molecule has 0 radical (unpaired) electrons. The summed E-state index contributed by atoms with van der Waals surface area (Å²) in [4.78, 5) is 11.5. The normalized spacial score (nSPS) is 16.5. The summed E-state index contributed by atoms with van der Waals surface area (Å²) >= 11 is 0. The van der Waals surface area contributed by atoms with Crippen LogP contribution in [-0.2, 0) is 4.74 Å². The Morgan fingerprint density at radius 3 is 2.88 bits per heavy atom. The summed E-state index contributed by atoms with van der Waals surface area (Å²) in [7, 11) is 0. The van der Waals surface area contributed by atoms with E-state index < -0.39 is 6.09 Å². The molecule has 1 aliphatic rings. The van der Waals surface area contributed by atoms with Gasteiger partial charge in [-0.25, -0.2) is 9.18 Å². The average molecular weight is 238 g/mol. The van der Waals surface area contributed by atoms with Crippen molar-refractivity contribution in [1.82, 2.24) is 5.32 Å². The van der Waals surface area contributed by atoms with Crippen molar-refractivity contribution in [2.45, 2.75) is 18.9 Å². The third kappa shape index (κ3) is 3.71. The lowest BCUT2D eigenvalue weighted by Gasteiger charge is -2.22. The van der Waals surface area contributed by atoms with Crippen molar-refractivity contribution >= 4 is 11.8 Å². The van der Waals surface area contributed by atoms with Crippen molar-refractivity contribution in [3.8, 4) is 0 Å². The molecule has 0 aliphatic carbocycles. The minimum absolute atomic E-state index is 0.0511. The number of anilines is 1. The zero-order valence-corrected chi connectivity index (χ0v) is 9.41. The van der Waals surface area contributed by atoms with Gasteiger partial charge in [0.25, 0.3) is 0 Å². The Kier molecular flexibility index (Phi) is 3.93. The molecule has 0 atom stereocenters. The molecule has 2 rings (SSSR count). The summed E-state index contributed by atoms with van der Waals surface area (Å²) in [5.74, 6) is -0.385. The highest BCUT2D eigenvalue weighted by Gasteiger charge is 2.17. The van der Waals surface area contributed by atoms with Crippen molar-refractivity contribution in [2.24, 2.45) is 0 Å². The van der Waals surface area contributed by atoms with Gasteiger partial charge in [0.15, 0.2) is 0 Å². The molecule has 92 valence electrons. The van der Waals surface area contributed by atoms with Crippen molar-refractivity contribution in [2.75, 3.05) is 18.4 Å². The van der Waals surface area contributed by atoms with Gasteiger partial charge in [-0.05, 0) is 44.1 Å². The number of piperidine rings is 1. The molecule has 4 nitrogen and oxygen atoms in total. The van der Waals surface area contributed by atoms with Crippen LogP contribution in [0.25, 0.3) is 0 Å². The van der Waals surface area contributed by atoms with E-state index in [2.05, 4.69) is 10.6 Å². The number of carbonyl (C=O) groups excluding carboxylic acids is 1. The van der Waals surface area contributed by atoms with Crippen LogP contribution in [0.2, 0.25) is 0 Å². The lowest BCUT2D eigenvalue weighted by molar-refractivity contribution is 0.0909. The number of hydrogen-bond acceptors (Lipinski definition) is 3. The SMILES string of the molecule is O=C(Nc1cccc(F)c1)OC1CCNCC1. The fourth-order valence-electron chi connectivity index (χ4n) is 1.78. The number of carbonyl (C=O) groups is 1. The van der Waals surface area contributed by atoms with Crippen molar-refractivity contribution in [1.29, 1.82) is 0 Å². The number of hydrogen-bond donors (Lipinski definition) is 2. The first kappa shape index (κ1) is 11.9. The van der Waals surface area contributed by atoms with Gasteiger partial charge in [0, 0.05) is 5.69 Å². The van der Waals surface area contributed by atoms with Gasteiger partial charge >= 0.3 is 6.09 Å². The van der Waals surface area contributed by atoms with E-state index in [4.69, 9.17) is 4.74 Å². The van der Waals surface area contributed by atoms with E-state index in [-0.39, 0.29) is 11.9 Å². The second-order valence-electron chi connectivity index (χ2n) is 3.99. The fourth-order valence-corrected chi connectivity index (χ4v) is 1.78. The van der Waals surface area contributed by atoms with Gasteiger partial charge in [-0.1, -0.05) is 6.07 Å². The molecule has 1 aliphatic heterocycles. The van der Waals surface area contributed by atoms with E-state index >= 15 is 0 Å². The zero-order valence-electron chi connectivity index (χ0n) is 9.41. The number of benzene rings is 1. The third-order valence-corrected chi connectivity index (χ3v) is 2.63. The molecule has 0 saturated carbocycles. The van der Waals surface area contributed by atoms with Gasteiger partial charge in [0.1, 0.15) is 11.9 Å². The van der Waals surface area contributed by atoms with E-state index in [1.165, 1.54) is 18.2 Å². The molecule has 1 aromatic rings. The molecule has 2 N–H and O–H groups in total. The van der Waals surface area contributed by atoms with Crippen LogP contribution in [0.3, 0.4) is 0 Å². The Morgan fingerprint density at radius 1 is 1.41 bits per heavy atom. The smallest absolute Gasteiger partial charge is 0.411 e. The highest BCUT2D eigenvalue weighted by molar-refractivity contribution is 5.84. The summed E-state index contributed by atoms with van der Waals surface area (Å²) in [6, 6.07) is 5.73. The molecular weight excluding hydrogens is 223 g/mol. The van der Waals surface area contributed by atoms with Crippen LogP contribution in [0.5, 0.6) is 0 Å². The number of rotatable bonds is 2. The summed E-state index contributed by atoms with van der Waals surface area (Å²) in [5, 5.41) is 5.69. The molecule has 0 unspecified atom stereocenters. The molecule has 5 heteroatoms. The van der Waals surface area contributed by atoms with Gasteiger partial charge < -0.3 is 10.1 Å². The summed E-state index contributed by atoms with van der Waals surface area (Å²) in [6.07, 6.45) is 1.06. The summed E-state index contributed by atoms with van der Waals surface area (Å²) in [6.45, 7) is 1.72. The van der Waals surface area contributed by atoms with Crippen LogP contribution >= 0.6 is 0 Å². The number of ether oxygens (including phenoxy) is 1. The first-order valence-corrected chi connectivity index (χ1v) is 5.68. The van der Waals surface area contributed by atoms with E-state index in [9.17, 15) is 9.18 Å². The van der Waals surface area contributed by atoms with Crippen molar-refractivity contribution < 1.29 is 13.9 Å². The zero-order chi connectivity index (χ0) is 12.1. The molecule has 17 heavy (non-hydrogen) atoms. The summed E-state index contributed by atoms with van der Waals surface area (Å²) < 4.78 is 18.1. The maximum atomic E-state index is 12.9. The minimum Gasteiger partial charge on any atom is -0.446 e. The van der Waals surface area contributed by atoms with Crippen LogP contribution < -0.4 is 10.6 Å². The largest absolute Gasteiger partial charge is 0.446 e. The highest BCUT2D eigenvalue weighted by Crippen LogP contribution is 2.12. The van der Waals surface area contributed by atoms with Crippen molar-refractivity contribution in [3.63, 3.8) is 0 Å². The average Bonchev–Trinajstić information content (AvgIpc) is 2.30. The second kappa shape index (κ2) is 5.63.